The fraction of sp³-hybridized carbons (Fsp3) is 0.100. The lowest BCUT2D eigenvalue weighted by Gasteiger charge is -2.15. The molecule has 0 radical (unpaired) electrons. The number of benzene rings is 2. The molecular formula is C20H14Cl2N2S. The normalized spacial score (nSPS) is 16.5. The van der Waals surface area contributed by atoms with Gasteiger partial charge in [0, 0.05) is 43.6 Å². The molecule has 0 saturated heterocycles. The van der Waals surface area contributed by atoms with Crippen molar-refractivity contribution < 1.29 is 0 Å². The quantitative estimate of drug-likeness (QED) is 0.413. The van der Waals surface area contributed by atoms with E-state index in [2.05, 4.69) is 58.5 Å². The zero-order chi connectivity index (χ0) is 17.0. The summed E-state index contributed by atoms with van der Waals surface area (Å²) in [5, 5.41) is 6.32. The Morgan fingerprint density at radius 3 is 2.80 bits per heavy atom. The van der Waals surface area contributed by atoms with Crippen molar-refractivity contribution in [3.05, 3.63) is 87.0 Å². The van der Waals surface area contributed by atoms with Crippen LogP contribution in [0.15, 0.2) is 60.8 Å². The first-order valence-electron chi connectivity index (χ1n) is 8.08. The minimum atomic E-state index is 0.120. The van der Waals surface area contributed by atoms with Crippen molar-refractivity contribution in [1.29, 1.82) is 0 Å². The molecule has 0 aliphatic carbocycles. The van der Waals surface area contributed by atoms with Gasteiger partial charge in [0.05, 0.1) is 11.7 Å². The highest BCUT2D eigenvalue weighted by Gasteiger charge is 2.25. The maximum Gasteiger partial charge on any atom is 0.0831 e. The molecule has 2 aromatic heterocycles. The minimum absolute atomic E-state index is 0.120. The number of thiophene rings is 1. The van der Waals surface area contributed by atoms with Crippen molar-refractivity contribution in [2.45, 2.75) is 12.6 Å². The zero-order valence-corrected chi connectivity index (χ0v) is 15.5. The SMILES string of the molecule is Clc1cc(Cl)c2c(c1)-n1cccc1C(c1cc3ccccc3s1)NC2. The Morgan fingerprint density at radius 1 is 1.04 bits per heavy atom. The van der Waals surface area contributed by atoms with Crippen LogP contribution in [0.3, 0.4) is 0 Å². The second-order valence-corrected chi connectivity index (χ2v) is 8.15. The molecule has 1 aliphatic heterocycles. The van der Waals surface area contributed by atoms with Gasteiger partial charge in [0.25, 0.3) is 0 Å². The predicted octanol–water partition coefficient (Wildman–Crippen LogP) is 6.19. The van der Waals surface area contributed by atoms with Crippen LogP contribution >= 0.6 is 34.5 Å². The molecule has 0 bridgehead atoms. The smallest absolute Gasteiger partial charge is 0.0831 e. The summed E-state index contributed by atoms with van der Waals surface area (Å²) in [5.41, 5.74) is 3.32. The van der Waals surface area contributed by atoms with Gasteiger partial charge in [-0.3, -0.25) is 0 Å². The van der Waals surface area contributed by atoms with E-state index in [0.717, 1.165) is 11.3 Å². The van der Waals surface area contributed by atoms with Crippen molar-refractivity contribution in [3.8, 4) is 5.69 Å². The second kappa shape index (κ2) is 5.89. The molecule has 1 N–H and O–H groups in total. The molecular weight excluding hydrogens is 371 g/mol. The number of aromatic nitrogens is 1. The number of nitrogens with zero attached hydrogens (tertiary/aromatic N) is 1. The van der Waals surface area contributed by atoms with E-state index in [9.17, 15) is 0 Å². The van der Waals surface area contributed by atoms with Gasteiger partial charge in [-0.15, -0.1) is 11.3 Å². The molecule has 0 fully saturated rings. The summed E-state index contributed by atoms with van der Waals surface area (Å²) in [5.74, 6) is 0. The number of rotatable bonds is 1. The van der Waals surface area contributed by atoms with Gasteiger partial charge in [-0.25, -0.2) is 0 Å². The lowest BCUT2D eigenvalue weighted by Crippen LogP contribution is -2.20. The van der Waals surface area contributed by atoms with Gasteiger partial charge in [0.15, 0.2) is 0 Å². The summed E-state index contributed by atoms with van der Waals surface area (Å²) in [6, 6.07) is 18.9. The maximum atomic E-state index is 6.48. The lowest BCUT2D eigenvalue weighted by atomic mass is 10.1. The van der Waals surface area contributed by atoms with E-state index < -0.39 is 0 Å². The highest BCUT2D eigenvalue weighted by Crippen LogP contribution is 2.38. The maximum absolute atomic E-state index is 6.48. The number of nitrogens with one attached hydrogen (secondary N) is 1. The van der Waals surface area contributed by atoms with Crippen LogP contribution < -0.4 is 5.32 Å². The molecule has 3 heterocycles. The monoisotopic (exact) mass is 384 g/mol. The Labute approximate surface area is 159 Å². The standard InChI is InChI=1S/C20H14Cl2N2S/c21-13-9-15(22)14-11-23-20(16-5-3-7-24(16)17(14)10-13)19-8-12-4-1-2-6-18(12)25-19/h1-10,20,23H,11H2. The van der Waals surface area contributed by atoms with Crippen LogP contribution in [-0.4, -0.2) is 4.57 Å². The summed E-state index contributed by atoms with van der Waals surface area (Å²) in [6.07, 6.45) is 2.08. The number of halogens is 2. The Hall–Kier alpha value is -1.78. The molecule has 2 aromatic carbocycles. The topological polar surface area (TPSA) is 17.0 Å². The van der Waals surface area contributed by atoms with Crippen LogP contribution in [0.5, 0.6) is 0 Å². The molecule has 0 saturated carbocycles. The first-order chi connectivity index (χ1) is 12.2. The average molecular weight is 385 g/mol. The second-order valence-electron chi connectivity index (χ2n) is 6.19. The molecule has 5 heteroatoms. The summed E-state index contributed by atoms with van der Waals surface area (Å²) < 4.78 is 3.50. The van der Waals surface area contributed by atoms with E-state index in [-0.39, 0.29) is 6.04 Å². The van der Waals surface area contributed by atoms with E-state index in [1.165, 1.54) is 20.7 Å². The third-order valence-electron chi connectivity index (χ3n) is 4.68. The highest BCUT2D eigenvalue weighted by atomic mass is 35.5. The zero-order valence-electron chi connectivity index (χ0n) is 13.2. The molecule has 1 unspecified atom stereocenters. The molecule has 25 heavy (non-hydrogen) atoms. The van der Waals surface area contributed by atoms with Gasteiger partial charge < -0.3 is 9.88 Å². The molecule has 1 atom stereocenters. The van der Waals surface area contributed by atoms with Gasteiger partial charge in [0.2, 0.25) is 0 Å². The summed E-state index contributed by atoms with van der Waals surface area (Å²) in [7, 11) is 0. The van der Waals surface area contributed by atoms with E-state index >= 15 is 0 Å². The third kappa shape index (κ3) is 2.51. The van der Waals surface area contributed by atoms with E-state index in [1.54, 1.807) is 0 Å². The van der Waals surface area contributed by atoms with Gasteiger partial charge in [-0.2, -0.15) is 0 Å². The Bertz CT molecular complexity index is 1060. The van der Waals surface area contributed by atoms with Crippen LogP contribution in [0, 0.1) is 0 Å². The molecule has 2 nitrogen and oxygen atoms in total. The van der Waals surface area contributed by atoms with Gasteiger partial charge in [0.1, 0.15) is 0 Å². The lowest BCUT2D eigenvalue weighted by molar-refractivity contribution is 0.609. The van der Waals surface area contributed by atoms with E-state index in [0.29, 0.717) is 16.6 Å². The first kappa shape index (κ1) is 15.5. The summed E-state index contributed by atoms with van der Waals surface area (Å²) in [6.45, 7) is 0.700. The number of hydrogen-bond acceptors (Lipinski definition) is 2. The van der Waals surface area contributed by atoms with Crippen LogP contribution in [-0.2, 0) is 6.54 Å². The van der Waals surface area contributed by atoms with Crippen molar-refractivity contribution in [1.82, 2.24) is 9.88 Å². The van der Waals surface area contributed by atoms with Crippen molar-refractivity contribution in [3.63, 3.8) is 0 Å². The van der Waals surface area contributed by atoms with Crippen LogP contribution in [0.4, 0.5) is 0 Å². The molecule has 4 aromatic rings. The molecule has 1 aliphatic rings. The first-order valence-corrected chi connectivity index (χ1v) is 9.65. The average Bonchev–Trinajstić information content (AvgIpc) is 3.20. The molecule has 5 rings (SSSR count). The molecule has 124 valence electrons. The predicted molar refractivity (Wildman–Crippen MR) is 106 cm³/mol. The third-order valence-corrected chi connectivity index (χ3v) is 6.42. The minimum Gasteiger partial charge on any atom is -0.318 e. The molecule has 0 amide bonds. The number of hydrogen-bond donors (Lipinski definition) is 1. The van der Waals surface area contributed by atoms with Crippen molar-refractivity contribution >= 4 is 44.6 Å². The largest absolute Gasteiger partial charge is 0.318 e. The van der Waals surface area contributed by atoms with Crippen LogP contribution in [0.2, 0.25) is 10.0 Å². The van der Waals surface area contributed by atoms with Crippen LogP contribution in [0.25, 0.3) is 15.8 Å². The van der Waals surface area contributed by atoms with Crippen molar-refractivity contribution in [2.75, 3.05) is 0 Å². The fourth-order valence-corrected chi connectivity index (χ4v) is 5.23. The van der Waals surface area contributed by atoms with E-state index in [4.69, 9.17) is 23.2 Å². The van der Waals surface area contributed by atoms with Gasteiger partial charge in [-0.05, 0) is 41.8 Å². The van der Waals surface area contributed by atoms with Crippen molar-refractivity contribution in [2.24, 2.45) is 0 Å². The van der Waals surface area contributed by atoms with E-state index in [1.807, 2.05) is 23.5 Å². The fourth-order valence-electron chi connectivity index (χ4n) is 3.53. The Morgan fingerprint density at radius 2 is 1.92 bits per heavy atom. The summed E-state index contributed by atoms with van der Waals surface area (Å²) in [4.78, 5) is 1.30. The Kier molecular flexibility index (Phi) is 3.64. The highest BCUT2D eigenvalue weighted by molar-refractivity contribution is 7.19. The van der Waals surface area contributed by atoms with Gasteiger partial charge in [-0.1, -0.05) is 41.4 Å². The van der Waals surface area contributed by atoms with Gasteiger partial charge >= 0.3 is 0 Å². The summed E-state index contributed by atoms with van der Waals surface area (Å²) >= 11 is 14.6. The number of fused-ring (bicyclic) bond motifs is 4. The molecule has 0 spiro atoms. The Balaban J connectivity index is 1.69. The van der Waals surface area contributed by atoms with Crippen LogP contribution in [0.1, 0.15) is 22.2 Å².